The number of carbonyl (C=O) groups is 1. The minimum Gasteiger partial charge on any atom is -0.378 e. The fourth-order valence-corrected chi connectivity index (χ4v) is 4.62. The third-order valence-electron chi connectivity index (χ3n) is 4.15. The SMILES string of the molecule is CN(C)c1ccc(C=C2SC(=Nc3nnc(-c4c(F)cccc4Cl)s3)NC2=O)cc1. The Morgan fingerprint density at radius 2 is 1.93 bits per heavy atom. The number of carbonyl (C=O) groups excluding carboxylic acids is 1. The quantitative estimate of drug-likeness (QED) is 0.558. The highest BCUT2D eigenvalue weighted by Crippen LogP contribution is 2.36. The van der Waals surface area contributed by atoms with Crippen molar-refractivity contribution in [3.8, 4) is 10.6 Å². The van der Waals surface area contributed by atoms with Crippen LogP contribution < -0.4 is 10.2 Å². The van der Waals surface area contributed by atoms with E-state index in [-0.39, 0.29) is 16.5 Å². The summed E-state index contributed by atoms with van der Waals surface area (Å²) in [6.45, 7) is 0. The van der Waals surface area contributed by atoms with Gasteiger partial charge in [0, 0.05) is 19.8 Å². The van der Waals surface area contributed by atoms with Gasteiger partial charge in [0.2, 0.25) is 5.13 Å². The second kappa shape index (κ2) is 8.55. The van der Waals surface area contributed by atoms with Gasteiger partial charge in [0.25, 0.3) is 5.91 Å². The fourth-order valence-electron chi connectivity index (χ4n) is 2.65. The Morgan fingerprint density at radius 1 is 1.17 bits per heavy atom. The molecule has 3 aromatic rings. The number of hydrogen-bond donors (Lipinski definition) is 1. The third-order valence-corrected chi connectivity index (χ3v) is 6.21. The number of halogens is 2. The Balaban J connectivity index is 1.54. The highest BCUT2D eigenvalue weighted by Gasteiger charge is 2.24. The number of hydrogen-bond acceptors (Lipinski definition) is 7. The van der Waals surface area contributed by atoms with E-state index in [9.17, 15) is 9.18 Å². The van der Waals surface area contributed by atoms with E-state index in [1.54, 1.807) is 12.1 Å². The Morgan fingerprint density at radius 3 is 2.63 bits per heavy atom. The molecule has 1 aromatic heterocycles. The first-order valence-electron chi connectivity index (χ1n) is 8.75. The van der Waals surface area contributed by atoms with Gasteiger partial charge in [0.1, 0.15) is 5.82 Å². The highest BCUT2D eigenvalue weighted by molar-refractivity contribution is 8.18. The summed E-state index contributed by atoms with van der Waals surface area (Å²) in [5.74, 6) is -0.718. The van der Waals surface area contributed by atoms with Crippen LogP contribution >= 0.6 is 34.7 Å². The van der Waals surface area contributed by atoms with Crippen molar-refractivity contribution in [3.05, 3.63) is 63.8 Å². The molecule has 0 spiro atoms. The van der Waals surface area contributed by atoms with Crippen LogP contribution in [0.3, 0.4) is 0 Å². The van der Waals surface area contributed by atoms with Crippen LogP contribution in [0.4, 0.5) is 15.2 Å². The molecule has 1 aliphatic heterocycles. The molecule has 1 saturated heterocycles. The molecule has 152 valence electrons. The van der Waals surface area contributed by atoms with Gasteiger partial charge in [0.05, 0.1) is 15.5 Å². The molecule has 30 heavy (non-hydrogen) atoms. The summed E-state index contributed by atoms with van der Waals surface area (Å²) in [4.78, 5) is 19.1. The van der Waals surface area contributed by atoms with Crippen molar-refractivity contribution in [1.82, 2.24) is 15.5 Å². The molecule has 1 amide bonds. The molecule has 2 heterocycles. The van der Waals surface area contributed by atoms with Gasteiger partial charge in [0.15, 0.2) is 10.2 Å². The molecular formula is C20H15ClFN5OS2. The number of amides is 1. The predicted molar refractivity (Wildman–Crippen MR) is 122 cm³/mol. The number of thioether (sulfide) groups is 1. The van der Waals surface area contributed by atoms with E-state index in [1.165, 1.54) is 23.9 Å². The number of aliphatic imine (C=N–C) groups is 1. The number of nitrogens with zero attached hydrogens (tertiary/aromatic N) is 4. The van der Waals surface area contributed by atoms with Crippen molar-refractivity contribution in [2.75, 3.05) is 19.0 Å². The van der Waals surface area contributed by atoms with E-state index in [0.717, 1.165) is 22.6 Å². The molecule has 0 radical (unpaired) electrons. The van der Waals surface area contributed by atoms with Crippen LogP contribution in [0.5, 0.6) is 0 Å². The first kappa shape index (κ1) is 20.5. The Kier molecular flexibility index (Phi) is 5.85. The number of benzene rings is 2. The Hall–Kier alpha value is -2.75. The van der Waals surface area contributed by atoms with Crippen LogP contribution in [0, 0.1) is 5.82 Å². The summed E-state index contributed by atoms with van der Waals surface area (Å²) >= 11 is 8.38. The van der Waals surface area contributed by atoms with Crippen molar-refractivity contribution >= 4 is 62.7 Å². The van der Waals surface area contributed by atoms with Crippen LogP contribution in [0.25, 0.3) is 16.6 Å². The summed E-state index contributed by atoms with van der Waals surface area (Å²) in [6, 6.07) is 12.3. The molecular weight excluding hydrogens is 445 g/mol. The number of anilines is 1. The lowest BCUT2D eigenvalue weighted by atomic mass is 10.2. The number of aromatic nitrogens is 2. The van der Waals surface area contributed by atoms with Gasteiger partial charge in [-0.05, 0) is 47.7 Å². The second-order valence-electron chi connectivity index (χ2n) is 6.45. The number of amidine groups is 1. The summed E-state index contributed by atoms with van der Waals surface area (Å²) in [5, 5.41) is 11.9. The minimum atomic E-state index is -0.480. The van der Waals surface area contributed by atoms with E-state index >= 15 is 0 Å². The zero-order chi connectivity index (χ0) is 21.3. The zero-order valence-electron chi connectivity index (χ0n) is 15.9. The van der Waals surface area contributed by atoms with Gasteiger partial charge in [-0.2, -0.15) is 4.99 Å². The minimum absolute atomic E-state index is 0.188. The lowest BCUT2D eigenvalue weighted by molar-refractivity contribution is -0.115. The average molecular weight is 460 g/mol. The lowest BCUT2D eigenvalue weighted by Gasteiger charge is -2.11. The van der Waals surface area contributed by atoms with Crippen molar-refractivity contribution in [2.24, 2.45) is 4.99 Å². The molecule has 4 rings (SSSR count). The Labute approximate surface area is 185 Å². The van der Waals surface area contributed by atoms with Crippen LogP contribution in [0.2, 0.25) is 5.02 Å². The fraction of sp³-hybridized carbons (Fsp3) is 0.100. The molecule has 0 atom stereocenters. The normalized spacial score (nSPS) is 16.3. The predicted octanol–water partition coefficient (Wildman–Crippen LogP) is 4.96. The van der Waals surface area contributed by atoms with Crippen LogP contribution in [0.15, 0.2) is 52.4 Å². The smallest absolute Gasteiger partial charge is 0.264 e. The van der Waals surface area contributed by atoms with E-state index in [4.69, 9.17) is 11.6 Å². The lowest BCUT2D eigenvalue weighted by Crippen LogP contribution is -2.19. The van der Waals surface area contributed by atoms with Crippen LogP contribution in [-0.2, 0) is 4.79 Å². The van der Waals surface area contributed by atoms with Gasteiger partial charge in [-0.3, -0.25) is 4.79 Å². The summed E-state index contributed by atoms with van der Waals surface area (Å²) in [7, 11) is 3.94. The van der Waals surface area contributed by atoms with E-state index in [2.05, 4.69) is 20.5 Å². The van der Waals surface area contributed by atoms with Crippen LogP contribution in [-0.4, -0.2) is 35.4 Å². The average Bonchev–Trinajstić information content (AvgIpc) is 3.29. The van der Waals surface area contributed by atoms with Gasteiger partial charge in [-0.1, -0.05) is 41.1 Å². The molecule has 0 saturated carbocycles. The largest absolute Gasteiger partial charge is 0.378 e. The standard InChI is InChI=1S/C20H15ClFN5OS2/c1-27(2)12-8-6-11(7-9-12)10-15-17(28)23-19(29-15)24-20-26-25-18(30-20)16-13(21)4-3-5-14(16)22/h3-10H,1-2H3,(H,23,24,26,28). The molecule has 1 fully saturated rings. The first-order valence-corrected chi connectivity index (χ1v) is 10.8. The summed E-state index contributed by atoms with van der Waals surface area (Å²) in [5.41, 5.74) is 2.17. The summed E-state index contributed by atoms with van der Waals surface area (Å²) < 4.78 is 14.1. The second-order valence-corrected chi connectivity index (χ2v) is 8.85. The molecule has 2 aromatic carbocycles. The molecule has 10 heteroatoms. The maximum Gasteiger partial charge on any atom is 0.264 e. The molecule has 0 bridgehead atoms. The van der Waals surface area contributed by atoms with E-state index in [1.807, 2.05) is 43.3 Å². The first-order chi connectivity index (χ1) is 14.4. The molecule has 6 nitrogen and oxygen atoms in total. The van der Waals surface area contributed by atoms with Crippen molar-refractivity contribution < 1.29 is 9.18 Å². The maximum atomic E-state index is 14.1. The van der Waals surface area contributed by atoms with Crippen LogP contribution in [0.1, 0.15) is 5.56 Å². The van der Waals surface area contributed by atoms with Gasteiger partial charge < -0.3 is 10.2 Å². The number of nitrogens with one attached hydrogen (secondary N) is 1. The van der Waals surface area contributed by atoms with Gasteiger partial charge >= 0.3 is 0 Å². The molecule has 1 aliphatic rings. The number of rotatable bonds is 4. The highest BCUT2D eigenvalue weighted by atomic mass is 35.5. The zero-order valence-corrected chi connectivity index (χ0v) is 18.3. The Bertz CT molecular complexity index is 1150. The van der Waals surface area contributed by atoms with Crippen molar-refractivity contribution in [3.63, 3.8) is 0 Å². The van der Waals surface area contributed by atoms with Crippen molar-refractivity contribution in [1.29, 1.82) is 0 Å². The maximum absolute atomic E-state index is 14.1. The van der Waals surface area contributed by atoms with E-state index < -0.39 is 5.82 Å². The van der Waals surface area contributed by atoms with Crippen molar-refractivity contribution in [2.45, 2.75) is 0 Å². The third kappa shape index (κ3) is 4.38. The monoisotopic (exact) mass is 459 g/mol. The van der Waals surface area contributed by atoms with Gasteiger partial charge in [-0.25, -0.2) is 4.39 Å². The molecule has 0 unspecified atom stereocenters. The molecule has 0 aliphatic carbocycles. The summed E-state index contributed by atoms with van der Waals surface area (Å²) in [6.07, 6.45) is 1.80. The van der Waals surface area contributed by atoms with Gasteiger partial charge in [-0.15, -0.1) is 10.2 Å². The topological polar surface area (TPSA) is 70.5 Å². The van der Waals surface area contributed by atoms with E-state index in [0.29, 0.717) is 20.2 Å². The molecule has 1 N–H and O–H groups in total.